The summed E-state index contributed by atoms with van der Waals surface area (Å²) in [6, 6.07) is 6.06. The molecule has 0 aliphatic carbocycles. The lowest BCUT2D eigenvalue weighted by atomic mass is 10.1. The molecule has 0 aromatic heterocycles. The number of methoxy groups -OCH3 is 1. The molecule has 4 N–H and O–H groups in total. The fourth-order valence-corrected chi connectivity index (χ4v) is 1.60. The van der Waals surface area contributed by atoms with Gasteiger partial charge in [-0.1, -0.05) is 13.0 Å². The molecule has 1 rings (SSSR count). The molecule has 0 aliphatic heterocycles. The van der Waals surface area contributed by atoms with Crippen LogP contribution < -0.4 is 21.3 Å². The molecule has 0 fully saturated rings. The number of hydrazine groups is 1. The highest BCUT2D eigenvalue weighted by Crippen LogP contribution is 2.22. The van der Waals surface area contributed by atoms with Gasteiger partial charge in [0.25, 0.3) is 0 Å². The minimum absolute atomic E-state index is 0.0267. The van der Waals surface area contributed by atoms with E-state index in [4.69, 9.17) is 10.6 Å². The van der Waals surface area contributed by atoms with Gasteiger partial charge < -0.3 is 10.1 Å². The number of aryl methyl sites for hydroxylation is 1. The molecule has 4 nitrogen and oxygen atoms in total. The molecular weight excluding hydrogens is 190 g/mol. The number of nitrogens with one attached hydrogen (secondary N) is 2. The Bertz CT molecular complexity index is 311. The Morgan fingerprint density at radius 1 is 1.47 bits per heavy atom. The number of rotatable bonds is 5. The number of nitrogens with two attached hydrogens (primary N) is 1. The number of benzene rings is 1. The Hall–Kier alpha value is -1.10. The second kappa shape index (κ2) is 5.70. The van der Waals surface area contributed by atoms with Crippen molar-refractivity contribution in [2.24, 2.45) is 5.84 Å². The van der Waals surface area contributed by atoms with E-state index < -0.39 is 0 Å². The lowest BCUT2D eigenvalue weighted by Gasteiger charge is -2.17. The smallest absolute Gasteiger partial charge is 0.122 e. The van der Waals surface area contributed by atoms with Crippen molar-refractivity contribution < 1.29 is 4.74 Å². The van der Waals surface area contributed by atoms with Gasteiger partial charge in [0.15, 0.2) is 0 Å². The van der Waals surface area contributed by atoms with E-state index in [1.807, 2.05) is 19.2 Å². The van der Waals surface area contributed by atoms with Crippen LogP contribution in [0.2, 0.25) is 0 Å². The van der Waals surface area contributed by atoms with E-state index in [1.165, 1.54) is 5.56 Å². The average molecular weight is 209 g/mol. The third-order valence-corrected chi connectivity index (χ3v) is 2.47. The van der Waals surface area contributed by atoms with E-state index >= 15 is 0 Å². The fraction of sp³-hybridized carbons (Fsp3) is 0.455. The molecule has 1 aromatic rings. The Kier molecular flexibility index (Phi) is 4.55. The molecule has 1 aromatic carbocycles. The van der Waals surface area contributed by atoms with Crippen molar-refractivity contribution in [3.8, 4) is 5.75 Å². The molecule has 15 heavy (non-hydrogen) atoms. The summed E-state index contributed by atoms with van der Waals surface area (Å²) in [5.74, 6) is 6.36. The summed E-state index contributed by atoms with van der Waals surface area (Å²) in [6.07, 6.45) is 0.916. The Labute approximate surface area is 90.8 Å². The first-order chi connectivity index (χ1) is 7.26. The van der Waals surface area contributed by atoms with Gasteiger partial charge in [-0.2, -0.15) is 0 Å². The molecule has 1 atom stereocenters. The van der Waals surface area contributed by atoms with Crippen molar-refractivity contribution in [1.29, 1.82) is 0 Å². The summed E-state index contributed by atoms with van der Waals surface area (Å²) < 4.78 is 5.27. The van der Waals surface area contributed by atoms with Gasteiger partial charge in [-0.3, -0.25) is 5.84 Å². The SMILES string of the molecule is CCc1cc(C(NC)NN)ccc1OC. The summed E-state index contributed by atoms with van der Waals surface area (Å²) in [6.45, 7) is 2.10. The van der Waals surface area contributed by atoms with Crippen LogP contribution in [0.5, 0.6) is 5.75 Å². The molecule has 0 amide bonds. The van der Waals surface area contributed by atoms with E-state index in [0.29, 0.717) is 0 Å². The van der Waals surface area contributed by atoms with Gasteiger partial charge in [0, 0.05) is 0 Å². The lowest BCUT2D eigenvalue weighted by Crippen LogP contribution is -2.36. The van der Waals surface area contributed by atoms with Crippen LogP contribution in [0.3, 0.4) is 0 Å². The maximum Gasteiger partial charge on any atom is 0.122 e. The van der Waals surface area contributed by atoms with Crippen molar-refractivity contribution in [3.05, 3.63) is 29.3 Å². The molecule has 0 saturated heterocycles. The average Bonchev–Trinajstić information content (AvgIpc) is 2.30. The first-order valence-corrected chi connectivity index (χ1v) is 5.07. The van der Waals surface area contributed by atoms with Crippen molar-refractivity contribution in [1.82, 2.24) is 10.7 Å². The van der Waals surface area contributed by atoms with Crippen molar-refractivity contribution in [2.45, 2.75) is 19.5 Å². The molecule has 0 bridgehead atoms. The molecular formula is C11H19N3O. The minimum Gasteiger partial charge on any atom is -0.496 e. The summed E-state index contributed by atoms with van der Waals surface area (Å²) in [5, 5.41) is 3.08. The number of ether oxygens (including phenoxy) is 1. The van der Waals surface area contributed by atoms with E-state index in [-0.39, 0.29) is 6.17 Å². The van der Waals surface area contributed by atoms with E-state index in [0.717, 1.165) is 17.7 Å². The van der Waals surface area contributed by atoms with Crippen LogP contribution in [0.25, 0.3) is 0 Å². The molecule has 0 saturated carbocycles. The first kappa shape index (κ1) is 12.0. The summed E-state index contributed by atoms with van der Waals surface area (Å²) >= 11 is 0. The van der Waals surface area contributed by atoms with E-state index in [9.17, 15) is 0 Å². The Morgan fingerprint density at radius 2 is 2.20 bits per heavy atom. The summed E-state index contributed by atoms with van der Waals surface area (Å²) in [7, 11) is 3.55. The Morgan fingerprint density at radius 3 is 2.67 bits per heavy atom. The standard InChI is InChI=1S/C11H19N3O/c1-4-8-7-9(11(13-2)14-12)5-6-10(8)15-3/h5-7,11,13-14H,4,12H2,1-3H3. The van der Waals surface area contributed by atoms with Crippen LogP contribution >= 0.6 is 0 Å². The molecule has 4 heteroatoms. The first-order valence-electron chi connectivity index (χ1n) is 5.07. The maximum absolute atomic E-state index is 5.43. The van der Waals surface area contributed by atoms with Crippen LogP contribution in [0.15, 0.2) is 18.2 Å². The second-order valence-electron chi connectivity index (χ2n) is 3.31. The van der Waals surface area contributed by atoms with E-state index in [2.05, 4.69) is 23.7 Å². The largest absolute Gasteiger partial charge is 0.496 e. The highest BCUT2D eigenvalue weighted by Gasteiger charge is 2.09. The van der Waals surface area contributed by atoms with Crippen LogP contribution in [0, 0.1) is 0 Å². The fourth-order valence-electron chi connectivity index (χ4n) is 1.60. The molecule has 1 unspecified atom stereocenters. The summed E-state index contributed by atoms with van der Waals surface area (Å²) in [4.78, 5) is 0. The van der Waals surface area contributed by atoms with Gasteiger partial charge in [0.1, 0.15) is 5.75 Å². The van der Waals surface area contributed by atoms with Gasteiger partial charge in [0.05, 0.1) is 13.3 Å². The predicted molar refractivity (Wildman–Crippen MR) is 61.5 cm³/mol. The summed E-state index contributed by atoms with van der Waals surface area (Å²) in [5.41, 5.74) is 5.00. The van der Waals surface area contributed by atoms with Crippen LogP contribution in [-0.4, -0.2) is 14.2 Å². The number of hydrogen-bond donors (Lipinski definition) is 3. The van der Waals surface area contributed by atoms with Crippen molar-refractivity contribution in [3.63, 3.8) is 0 Å². The van der Waals surface area contributed by atoms with Crippen LogP contribution in [-0.2, 0) is 6.42 Å². The molecule has 0 radical (unpaired) electrons. The normalized spacial score (nSPS) is 12.5. The molecule has 0 spiro atoms. The van der Waals surface area contributed by atoms with Crippen molar-refractivity contribution >= 4 is 0 Å². The predicted octanol–water partition coefficient (Wildman–Crippen LogP) is 0.939. The second-order valence-corrected chi connectivity index (χ2v) is 3.31. The van der Waals surface area contributed by atoms with Gasteiger partial charge in [0.2, 0.25) is 0 Å². The third-order valence-electron chi connectivity index (χ3n) is 2.47. The zero-order valence-electron chi connectivity index (χ0n) is 9.50. The third kappa shape index (κ3) is 2.68. The van der Waals surface area contributed by atoms with Crippen LogP contribution in [0.4, 0.5) is 0 Å². The van der Waals surface area contributed by atoms with Gasteiger partial charge >= 0.3 is 0 Å². The van der Waals surface area contributed by atoms with Gasteiger partial charge in [-0.15, -0.1) is 0 Å². The molecule has 0 aliphatic rings. The van der Waals surface area contributed by atoms with Crippen LogP contribution in [0.1, 0.15) is 24.2 Å². The molecule has 84 valence electrons. The minimum atomic E-state index is -0.0267. The van der Waals surface area contributed by atoms with E-state index in [1.54, 1.807) is 7.11 Å². The highest BCUT2D eigenvalue weighted by atomic mass is 16.5. The zero-order valence-corrected chi connectivity index (χ0v) is 9.50. The number of hydrogen-bond acceptors (Lipinski definition) is 4. The van der Waals surface area contributed by atoms with Crippen molar-refractivity contribution in [2.75, 3.05) is 14.2 Å². The highest BCUT2D eigenvalue weighted by molar-refractivity contribution is 5.38. The molecule has 0 heterocycles. The Balaban J connectivity index is 3.01. The maximum atomic E-state index is 5.43. The topological polar surface area (TPSA) is 59.3 Å². The van der Waals surface area contributed by atoms with Gasteiger partial charge in [-0.05, 0) is 36.7 Å². The lowest BCUT2D eigenvalue weighted by molar-refractivity contribution is 0.409. The van der Waals surface area contributed by atoms with Gasteiger partial charge in [-0.25, -0.2) is 5.43 Å². The monoisotopic (exact) mass is 209 g/mol. The quantitative estimate of drug-likeness (QED) is 0.384. The zero-order chi connectivity index (χ0) is 11.3.